The first kappa shape index (κ1) is 11.0. The lowest BCUT2D eigenvalue weighted by atomic mass is 9.78. The predicted molar refractivity (Wildman–Crippen MR) is 62.8 cm³/mol. The largest absolute Gasteiger partial charge is 0.393 e. The van der Waals surface area contributed by atoms with Gasteiger partial charge in [0.25, 0.3) is 0 Å². The number of aliphatic hydroxyl groups excluding tert-OH is 1. The molecule has 3 aliphatic carbocycles. The summed E-state index contributed by atoms with van der Waals surface area (Å²) in [4.78, 5) is 0. The first-order valence-electron chi connectivity index (χ1n) is 6.76. The lowest BCUT2D eigenvalue weighted by Gasteiger charge is -2.32. The Morgan fingerprint density at radius 1 is 1.00 bits per heavy atom. The Bertz CT molecular complexity index is 308. The molecule has 2 N–H and O–H groups in total. The van der Waals surface area contributed by atoms with Crippen LogP contribution >= 0.6 is 0 Å². The number of aliphatic hydroxyl groups is 2. The lowest BCUT2D eigenvalue weighted by molar-refractivity contribution is -0.0264. The highest BCUT2D eigenvalue weighted by molar-refractivity contribution is 5.16. The zero-order valence-corrected chi connectivity index (χ0v) is 10.6. The standard InChI is InChI=1S/C14H24O2/c1-13(2)9-4-5-10(15)8-6-7-14(3,16)11(8)12(9)13/h8-12,15-16H,4-7H2,1-3H3. The van der Waals surface area contributed by atoms with Gasteiger partial charge in [0.15, 0.2) is 0 Å². The summed E-state index contributed by atoms with van der Waals surface area (Å²) in [6.45, 7) is 6.66. The number of fused-ring (bicyclic) bond motifs is 3. The molecule has 0 aromatic heterocycles. The van der Waals surface area contributed by atoms with Crippen LogP contribution in [0.25, 0.3) is 0 Å². The van der Waals surface area contributed by atoms with E-state index >= 15 is 0 Å². The Morgan fingerprint density at radius 2 is 1.69 bits per heavy atom. The van der Waals surface area contributed by atoms with Crippen molar-refractivity contribution in [3.63, 3.8) is 0 Å². The Balaban J connectivity index is 1.95. The normalized spacial score (nSPS) is 58.7. The van der Waals surface area contributed by atoms with Gasteiger partial charge in [-0.15, -0.1) is 0 Å². The predicted octanol–water partition coefficient (Wildman–Crippen LogP) is 2.19. The molecular weight excluding hydrogens is 200 g/mol. The second-order valence-electron chi connectivity index (χ2n) is 7.18. The van der Waals surface area contributed by atoms with Crippen molar-refractivity contribution < 1.29 is 10.2 Å². The smallest absolute Gasteiger partial charge is 0.0654 e. The van der Waals surface area contributed by atoms with E-state index < -0.39 is 5.60 Å². The summed E-state index contributed by atoms with van der Waals surface area (Å²) >= 11 is 0. The van der Waals surface area contributed by atoms with Crippen LogP contribution in [0.15, 0.2) is 0 Å². The van der Waals surface area contributed by atoms with Crippen LogP contribution in [-0.2, 0) is 0 Å². The van der Waals surface area contributed by atoms with Crippen molar-refractivity contribution in [2.75, 3.05) is 0 Å². The van der Waals surface area contributed by atoms with Crippen LogP contribution < -0.4 is 0 Å². The molecule has 2 heteroatoms. The average molecular weight is 224 g/mol. The van der Waals surface area contributed by atoms with E-state index in [0.717, 1.165) is 31.6 Å². The molecule has 6 atom stereocenters. The van der Waals surface area contributed by atoms with E-state index in [0.29, 0.717) is 23.2 Å². The Labute approximate surface area is 98.1 Å². The molecule has 2 nitrogen and oxygen atoms in total. The van der Waals surface area contributed by atoms with E-state index in [1.165, 1.54) is 0 Å². The van der Waals surface area contributed by atoms with E-state index in [2.05, 4.69) is 13.8 Å². The van der Waals surface area contributed by atoms with Crippen LogP contribution in [0.3, 0.4) is 0 Å². The minimum Gasteiger partial charge on any atom is -0.393 e. The molecule has 0 radical (unpaired) electrons. The van der Waals surface area contributed by atoms with E-state index in [9.17, 15) is 10.2 Å². The van der Waals surface area contributed by atoms with Crippen molar-refractivity contribution in [3.8, 4) is 0 Å². The SMILES string of the molecule is CC1(O)CCC2C(O)CCC3C(C21)C3(C)C. The van der Waals surface area contributed by atoms with Crippen LogP contribution in [0.4, 0.5) is 0 Å². The maximum absolute atomic E-state index is 10.6. The van der Waals surface area contributed by atoms with Crippen molar-refractivity contribution in [2.45, 2.75) is 58.2 Å². The van der Waals surface area contributed by atoms with Crippen LogP contribution in [-0.4, -0.2) is 21.9 Å². The maximum Gasteiger partial charge on any atom is 0.0654 e. The minimum atomic E-state index is -0.535. The fraction of sp³-hybridized carbons (Fsp3) is 1.00. The van der Waals surface area contributed by atoms with Crippen molar-refractivity contribution in [1.82, 2.24) is 0 Å². The zero-order valence-electron chi connectivity index (χ0n) is 10.6. The van der Waals surface area contributed by atoms with Gasteiger partial charge in [-0.3, -0.25) is 0 Å². The molecule has 3 aliphatic rings. The summed E-state index contributed by atoms with van der Waals surface area (Å²) in [6.07, 6.45) is 3.82. The molecular formula is C14H24O2. The van der Waals surface area contributed by atoms with E-state index in [-0.39, 0.29) is 6.10 Å². The third-order valence-corrected chi connectivity index (χ3v) is 5.96. The van der Waals surface area contributed by atoms with Crippen molar-refractivity contribution in [2.24, 2.45) is 29.1 Å². The average Bonchev–Trinajstić information content (AvgIpc) is 2.61. The quantitative estimate of drug-likeness (QED) is 0.662. The van der Waals surface area contributed by atoms with Gasteiger partial charge in [0.1, 0.15) is 0 Å². The summed E-state index contributed by atoms with van der Waals surface area (Å²) in [7, 11) is 0. The molecule has 92 valence electrons. The first-order valence-corrected chi connectivity index (χ1v) is 6.76. The third-order valence-electron chi connectivity index (χ3n) is 5.96. The molecule has 3 fully saturated rings. The molecule has 0 spiro atoms. The van der Waals surface area contributed by atoms with E-state index in [1.807, 2.05) is 6.92 Å². The van der Waals surface area contributed by atoms with Crippen LogP contribution in [0.5, 0.6) is 0 Å². The Morgan fingerprint density at radius 3 is 2.38 bits per heavy atom. The molecule has 16 heavy (non-hydrogen) atoms. The van der Waals surface area contributed by atoms with Gasteiger partial charge in [-0.05, 0) is 61.7 Å². The van der Waals surface area contributed by atoms with Gasteiger partial charge in [-0.1, -0.05) is 13.8 Å². The monoisotopic (exact) mass is 224 g/mol. The first-order chi connectivity index (χ1) is 7.36. The van der Waals surface area contributed by atoms with E-state index in [4.69, 9.17) is 0 Å². The van der Waals surface area contributed by atoms with Crippen LogP contribution in [0.2, 0.25) is 0 Å². The highest BCUT2D eigenvalue weighted by atomic mass is 16.3. The van der Waals surface area contributed by atoms with Gasteiger partial charge in [-0.2, -0.15) is 0 Å². The number of rotatable bonds is 0. The topological polar surface area (TPSA) is 40.5 Å². The van der Waals surface area contributed by atoms with Gasteiger partial charge in [0, 0.05) is 0 Å². The summed E-state index contributed by atoms with van der Waals surface area (Å²) in [6, 6.07) is 0. The van der Waals surface area contributed by atoms with Gasteiger partial charge in [0.2, 0.25) is 0 Å². The van der Waals surface area contributed by atoms with Gasteiger partial charge < -0.3 is 10.2 Å². The van der Waals surface area contributed by atoms with Crippen molar-refractivity contribution in [3.05, 3.63) is 0 Å². The highest BCUT2D eigenvalue weighted by Crippen LogP contribution is 2.70. The molecule has 0 heterocycles. The summed E-state index contributed by atoms with van der Waals surface area (Å²) in [5.74, 6) is 2.07. The van der Waals surface area contributed by atoms with Crippen LogP contribution in [0, 0.1) is 29.1 Å². The van der Waals surface area contributed by atoms with Crippen LogP contribution in [0.1, 0.15) is 46.5 Å². The van der Waals surface area contributed by atoms with Crippen molar-refractivity contribution >= 4 is 0 Å². The van der Waals surface area contributed by atoms with Gasteiger partial charge in [0.05, 0.1) is 11.7 Å². The second-order valence-corrected chi connectivity index (χ2v) is 7.18. The Hall–Kier alpha value is -0.0800. The molecule has 0 aliphatic heterocycles. The number of hydrogen-bond donors (Lipinski definition) is 2. The fourth-order valence-electron chi connectivity index (χ4n) is 4.97. The zero-order chi connectivity index (χ0) is 11.7. The minimum absolute atomic E-state index is 0.164. The molecule has 0 aromatic carbocycles. The fourth-order valence-corrected chi connectivity index (χ4v) is 4.97. The second kappa shape index (κ2) is 3.02. The molecule has 3 rings (SSSR count). The molecule has 0 saturated heterocycles. The molecule has 0 amide bonds. The summed E-state index contributed by atoms with van der Waals surface area (Å²) in [5.41, 5.74) is -0.135. The Kier molecular flexibility index (Phi) is 2.09. The third kappa shape index (κ3) is 1.26. The summed E-state index contributed by atoms with van der Waals surface area (Å²) in [5, 5.41) is 20.7. The number of hydrogen-bond acceptors (Lipinski definition) is 2. The highest BCUT2D eigenvalue weighted by Gasteiger charge is 2.67. The lowest BCUT2D eigenvalue weighted by Crippen LogP contribution is -2.37. The molecule has 0 bridgehead atoms. The van der Waals surface area contributed by atoms with Gasteiger partial charge in [-0.25, -0.2) is 0 Å². The van der Waals surface area contributed by atoms with Gasteiger partial charge >= 0.3 is 0 Å². The van der Waals surface area contributed by atoms with E-state index in [1.54, 1.807) is 0 Å². The summed E-state index contributed by atoms with van der Waals surface area (Å²) < 4.78 is 0. The maximum atomic E-state index is 10.6. The molecule has 0 aromatic rings. The molecule has 6 unspecified atom stereocenters. The molecule has 3 saturated carbocycles. The van der Waals surface area contributed by atoms with Crippen molar-refractivity contribution in [1.29, 1.82) is 0 Å².